The van der Waals surface area contributed by atoms with E-state index in [1.807, 2.05) is 7.05 Å². The summed E-state index contributed by atoms with van der Waals surface area (Å²) < 4.78 is 8.79. The number of halogens is 1. The molecule has 134 valence electrons. The minimum atomic E-state index is 0.804. The summed E-state index contributed by atoms with van der Waals surface area (Å²) in [6, 6.07) is 8.64. The van der Waals surface area contributed by atoms with Crippen LogP contribution in [0.4, 0.5) is 0 Å². The first-order chi connectivity index (χ1) is 12.1. The molecule has 0 aliphatic carbocycles. The van der Waals surface area contributed by atoms with E-state index in [-0.39, 0.29) is 0 Å². The van der Waals surface area contributed by atoms with Crippen molar-refractivity contribution in [3.63, 3.8) is 0 Å². The van der Waals surface area contributed by atoms with E-state index in [0.29, 0.717) is 0 Å². The largest absolute Gasteiger partial charge is 0.493 e. The highest BCUT2D eigenvalue weighted by molar-refractivity contribution is 9.10. The van der Waals surface area contributed by atoms with Crippen LogP contribution in [0.3, 0.4) is 0 Å². The number of nitrogens with zero attached hydrogens (tertiary/aromatic N) is 3. The van der Waals surface area contributed by atoms with Crippen LogP contribution in [0.25, 0.3) is 0 Å². The molecule has 2 heterocycles. The van der Waals surface area contributed by atoms with Crippen LogP contribution in [0.2, 0.25) is 0 Å². The highest BCUT2D eigenvalue weighted by atomic mass is 79.9. The third-order valence-corrected chi connectivity index (χ3v) is 4.93. The standard InChI is InChI=1S/C19H25BrN4O/c1-21-19(24(3)13-17-11-16(20)12-23(17)2)22-8-6-14-4-5-18-15(10-14)7-9-25-18/h4-5,10-12H,6-9,13H2,1-3H3,(H,21,22). The first-order valence-electron chi connectivity index (χ1n) is 8.54. The molecule has 1 N–H and O–H groups in total. The summed E-state index contributed by atoms with van der Waals surface area (Å²) in [6.45, 7) is 2.47. The minimum absolute atomic E-state index is 0.804. The summed E-state index contributed by atoms with van der Waals surface area (Å²) >= 11 is 3.52. The second-order valence-corrected chi connectivity index (χ2v) is 7.30. The van der Waals surface area contributed by atoms with Gasteiger partial charge in [0, 0.05) is 50.5 Å². The predicted octanol–water partition coefficient (Wildman–Crippen LogP) is 2.97. The molecule has 1 aromatic carbocycles. The quantitative estimate of drug-likeness (QED) is 0.615. The van der Waals surface area contributed by atoms with Gasteiger partial charge in [-0.2, -0.15) is 0 Å². The molecule has 0 amide bonds. The van der Waals surface area contributed by atoms with E-state index in [1.54, 1.807) is 0 Å². The Morgan fingerprint density at radius 1 is 1.40 bits per heavy atom. The molecule has 3 rings (SSSR count). The smallest absolute Gasteiger partial charge is 0.193 e. The lowest BCUT2D eigenvalue weighted by Crippen LogP contribution is -2.39. The number of aryl methyl sites for hydroxylation is 1. The molecule has 1 aliphatic rings. The van der Waals surface area contributed by atoms with E-state index in [0.717, 1.165) is 48.7 Å². The van der Waals surface area contributed by atoms with Crippen molar-refractivity contribution in [3.8, 4) is 5.75 Å². The molecular weight excluding hydrogens is 380 g/mol. The molecule has 0 saturated carbocycles. The average Bonchev–Trinajstić information content (AvgIpc) is 3.17. The molecule has 5 nitrogen and oxygen atoms in total. The Balaban J connectivity index is 1.53. The number of nitrogens with one attached hydrogen (secondary N) is 1. The fourth-order valence-corrected chi connectivity index (χ4v) is 3.71. The Bertz CT molecular complexity index is 769. The summed E-state index contributed by atoms with van der Waals surface area (Å²) in [7, 11) is 5.94. The molecule has 0 saturated heterocycles. The lowest BCUT2D eigenvalue weighted by molar-refractivity contribution is 0.357. The van der Waals surface area contributed by atoms with Crippen molar-refractivity contribution in [3.05, 3.63) is 51.8 Å². The molecule has 0 spiro atoms. The van der Waals surface area contributed by atoms with Gasteiger partial charge < -0.3 is 19.5 Å². The number of guanidine groups is 1. The van der Waals surface area contributed by atoms with Gasteiger partial charge in [-0.15, -0.1) is 0 Å². The molecule has 0 bridgehead atoms. The molecule has 1 aromatic heterocycles. The van der Waals surface area contributed by atoms with Crippen molar-refractivity contribution in [2.75, 3.05) is 27.2 Å². The number of aromatic nitrogens is 1. The fraction of sp³-hybridized carbons (Fsp3) is 0.421. The normalized spacial score (nSPS) is 13.5. The van der Waals surface area contributed by atoms with E-state index in [1.165, 1.54) is 16.8 Å². The van der Waals surface area contributed by atoms with Crippen molar-refractivity contribution >= 4 is 21.9 Å². The summed E-state index contributed by atoms with van der Waals surface area (Å²) in [5, 5.41) is 3.46. The van der Waals surface area contributed by atoms with Crippen LogP contribution in [-0.4, -0.2) is 42.7 Å². The Hall–Kier alpha value is -1.95. The summed E-state index contributed by atoms with van der Waals surface area (Å²) in [5.74, 6) is 1.95. The van der Waals surface area contributed by atoms with E-state index < -0.39 is 0 Å². The maximum absolute atomic E-state index is 5.57. The third kappa shape index (κ3) is 4.37. The molecule has 2 aromatic rings. The van der Waals surface area contributed by atoms with Crippen molar-refractivity contribution < 1.29 is 4.74 Å². The molecule has 0 atom stereocenters. The lowest BCUT2D eigenvalue weighted by Gasteiger charge is -2.22. The van der Waals surface area contributed by atoms with Crippen molar-refractivity contribution in [1.82, 2.24) is 14.8 Å². The zero-order chi connectivity index (χ0) is 17.8. The topological polar surface area (TPSA) is 41.8 Å². The Morgan fingerprint density at radius 2 is 2.24 bits per heavy atom. The van der Waals surface area contributed by atoms with Crippen LogP contribution in [0.5, 0.6) is 5.75 Å². The maximum Gasteiger partial charge on any atom is 0.193 e. The number of hydrogen-bond donors (Lipinski definition) is 1. The van der Waals surface area contributed by atoms with Gasteiger partial charge >= 0.3 is 0 Å². The molecular formula is C19H25BrN4O. The molecule has 0 unspecified atom stereocenters. The van der Waals surface area contributed by atoms with E-state index in [4.69, 9.17) is 4.74 Å². The summed E-state index contributed by atoms with van der Waals surface area (Å²) in [4.78, 5) is 6.54. The highest BCUT2D eigenvalue weighted by Crippen LogP contribution is 2.25. The van der Waals surface area contributed by atoms with Gasteiger partial charge in [-0.1, -0.05) is 12.1 Å². The van der Waals surface area contributed by atoms with Crippen molar-refractivity contribution in [2.24, 2.45) is 12.0 Å². The first-order valence-corrected chi connectivity index (χ1v) is 9.33. The monoisotopic (exact) mass is 404 g/mol. The average molecular weight is 405 g/mol. The lowest BCUT2D eigenvalue weighted by atomic mass is 10.1. The Labute approximate surface area is 157 Å². The summed E-state index contributed by atoms with van der Waals surface area (Å²) in [5.41, 5.74) is 3.89. The zero-order valence-corrected chi connectivity index (χ0v) is 16.6. The van der Waals surface area contributed by atoms with Crippen LogP contribution >= 0.6 is 15.9 Å². The van der Waals surface area contributed by atoms with Crippen LogP contribution in [-0.2, 0) is 26.4 Å². The third-order valence-electron chi connectivity index (χ3n) is 4.50. The molecule has 6 heteroatoms. The number of rotatable bonds is 5. The number of aliphatic imine (C=N–C) groups is 1. The van der Waals surface area contributed by atoms with Gasteiger partial charge in [0.2, 0.25) is 0 Å². The van der Waals surface area contributed by atoms with Crippen LogP contribution in [0, 0.1) is 0 Å². The van der Waals surface area contributed by atoms with E-state index >= 15 is 0 Å². The SMILES string of the molecule is CN=C(NCCc1ccc2c(c1)CCO2)N(C)Cc1cc(Br)cn1C. The minimum Gasteiger partial charge on any atom is -0.493 e. The van der Waals surface area contributed by atoms with E-state index in [2.05, 4.69) is 80.3 Å². The molecule has 0 radical (unpaired) electrons. The number of benzene rings is 1. The van der Waals surface area contributed by atoms with Gasteiger partial charge in [-0.05, 0) is 45.6 Å². The fourth-order valence-electron chi connectivity index (χ4n) is 3.14. The van der Waals surface area contributed by atoms with Crippen molar-refractivity contribution in [2.45, 2.75) is 19.4 Å². The second kappa shape index (κ2) is 7.95. The molecule has 1 aliphatic heterocycles. The van der Waals surface area contributed by atoms with Gasteiger partial charge in [0.15, 0.2) is 5.96 Å². The van der Waals surface area contributed by atoms with Gasteiger partial charge in [-0.25, -0.2) is 0 Å². The first kappa shape index (κ1) is 17.9. The van der Waals surface area contributed by atoms with E-state index in [9.17, 15) is 0 Å². The number of fused-ring (bicyclic) bond motifs is 1. The zero-order valence-electron chi connectivity index (χ0n) is 15.1. The Kier molecular flexibility index (Phi) is 5.68. The van der Waals surface area contributed by atoms with Crippen molar-refractivity contribution in [1.29, 1.82) is 0 Å². The van der Waals surface area contributed by atoms with Gasteiger partial charge in [0.05, 0.1) is 13.2 Å². The highest BCUT2D eigenvalue weighted by Gasteiger charge is 2.12. The predicted molar refractivity (Wildman–Crippen MR) is 105 cm³/mol. The molecule has 25 heavy (non-hydrogen) atoms. The van der Waals surface area contributed by atoms with Gasteiger partial charge in [-0.3, -0.25) is 4.99 Å². The van der Waals surface area contributed by atoms with Gasteiger partial charge in [0.25, 0.3) is 0 Å². The van der Waals surface area contributed by atoms with Crippen LogP contribution in [0.15, 0.2) is 39.9 Å². The van der Waals surface area contributed by atoms with Crippen LogP contribution in [0.1, 0.15) is 16.8 Å². The number of hydrogen-bond acceptors (Lipinski definition) is 2. The van der Waals surface area contributed by atoms with Crippen LogP contribution < -0.4 is 10.1 Å². The Morgan fingerprint density at radius 3 is 2.96 bits per heavy atom. The number of ether oxygens (including phenoxy) is 1. The second-order valence-electron chi connectivity index (χ2n) is 6.38. The van der Waals surface area contributed by atoms with Gasteiger partial charge in [0.1, 0.15) is 5.75 Å². The summed E-state index contributed by atoms with van der Waals surface area (Å²) in [6.07, 6.45) is 4.06. The maximum atomic E-state index is 5.57. The molecule has 0 fully saturated rings.